The van der Waals surface area contributed by atoms with Gasteiger partial charge >= 0.3 is 5.97 Å². The number of hydrogen-bond acceptors (Lipinski definition) is 6. The number of rotatable bonds is 8. The van der Waals surface area contributed by atoms with Crippen molar-refractivity contribution >= 4 is 46.8 Å². The SMILES string of the molecule is CCc1cc(Sc2ncc(C(=O)O)[nH]2)nc([C@H]2CCCC[C@@H]2C(=O)NCc2ccc(Cl)c(Cl)c2)n1. The van der Waals surface area contributed by atoms with Gasteiger partial charge in [-0.25, -0.2) is 19.7 Å². The number of amides is 1. The number of aromatic nitrogens is 4. The van der Waals surface area contributed by atoms with Crippen molar-refractivity contribution in [3.05, 3.63) is 63.3 Å². The molecule has 0 bridgehead atoms. The summed E-state index contributed by atoms with van der Waals surface area (Å²) < 4.78 is 0. The van der Waals surface area contributed by atoms with E-state index in [4.69, 9.17) is 38.3 Å². The van der Waals surface area contributed by atoms with Gasteiger partial charge in [-0.1, -0.05) is 49.0 Å². The number of benzene rings is 1. The minimum Gasteiger partial charge on any atom is -0.477 e. The quantitative estimate of drug-likeness (QED) is 0.326. The molecule has 1 aromatic carbocycles. The molecule has 0 radical (unpaired) electrons. The first-order valence-electron chi connectivity index (χ1n) is 11.4. The van der Waals surface area contributed by atoms with Gasteiger partial charge in [0.25, 0.3) is 0 Å². The number of hydrogen-bond donors (Lipinski definition) is 3. The summed E-state index contributed by atoms with van der Waals surface area (Å²) in [5, 5.41) is 14.2. The summed E-state index contributed by atoms with van der Waals surface area (Å²) in [5.74, 6) is -0.795. The zero-order valence-electron chi connectivity index (χ0n) is 19.1. The van der Waals surface area contributed by atoms with Crippen LogP contribution in [-0.2, 0) is 17.8 Å². The molecule has 2 aromatic heterocycles. The first-order valence-corrected chi connectivity index (χ1v) is 13.0. The maximum absolute atomic E-state index is 13.2. The molecule has 184 valence electrons. The average Bonchev–Trinajstić information content (AvgIpc) is 3.33. The lowest BCUT2D eigenvalue weighted by atomic mass is 9.78. The third-order valence-corrected chi connectivity index (χ3v) is 7.56. The smallest absolute Gasteiger partial charge is 0.353 e. The summed E-state index contributed by atoms with van der Waals surface area (Å²) in [5.41, 5.74) is 1.76. The molecule has 1 amide bonds. The fourth-order valence-corrected chi connectivity index (χ4v) is 5.30. The highest BCUT2D eigenvalue weighted by atomic mass is 35.5. The minimum absolute atomic E-state index is 0.0171. The first-order chi connectivity index (χ1) is 16.8. The molecule has 0 aliphatic heterocycles. The number of H-pyrrole nitrogens is 1. The van der Waals surface area contributed by atoms with Crippen LogP contribution in [0.2, 0.25) is 10.0 Å². The maximum atomic E-state index is 13.2. The van der Waals surface area contributed by atoms with Crippen molar-refractivity contribution in [2.75, 3.05) is 0 Å². The second-order valence-electron chi connectivity index (χ2n) is 8.38. The van der Waals surface area contributed by atoms with Crippen LogP contribution in [-0.4, -0.2) is 36.9 Å². The van der Waals surface area contributed by atoms with Crippen LogP contribution in [0.1, 0.15) is 66.1 Å². The molecule has 2 heterocycles. The molecule has 0 unspecified atom stereocenters. The van der Waals surface area contributed by atoms with Gasteiger partial charge in [0, 0.05) is 24.1 Å². The van der Waals surface area contributed by atoms with Gasteiger partial charge < -0.3 is 15.4 Å². The molecule has 1 aliphatic rings. The molecule has 1 aliphatic carbocycles. The lowest BCUT2D eigenvalue weighted by Crippen LogP contribution is -2.36. The van der Waals surface area contributed by atoms with E-state index in [2.05, 4.69) is 15.3 Å². The van der Waals surface area contributed by atoms with E-state index >= 15 is 0 Å². The van der Waals surface area contributed by atoms with Crippen LogP contribution in [0.25, 0.3) is 0 Å². The van der Waals surface area contributed by atoms with Gasteiger partial charge in [-0.3, -0.25) is 4.79 Å². The molecule has 1 saturated carbocycles. The topological polar surface area (TPSA) is 121 Å². The zero-order valence-corrected chi connectivity index (χ0v) is 21.4. The largest absolute Gasteiger partial charge is 0.477 e. The Morgan fingerprint density at radius 1 is 1.17 bits per heavy atom. The third-order valence-electron chi connectivity index (χ3n) is 6.00. The second kappa shape index (κ2) is 11.4. The lowest BCUT2D eigenvalue weighted by molar-refractivity contribution is -0.126. The average molecular weight is 534 g/mol. The van der Waals surface area contributed by atoms with Gasteiger partial charge in [-0.2, -0.15) is 0 Å². The van der Waals surface area contributed by atoms with Crippen LogP contribution in [0.3, 0.4) is 0 Å². The number of nitrogens with zero attached hydrogens (tertiary/aromatic N) is 3. The van der Waals surface area contributed by atoms with Gasteiger partial charge in [-0.15, -0.1) is 0 Å². The Morgan fingerprint density at radius 3 is 2.69 bits per heavy atom. The van der Waals surface area contributed by atoms with Crippen LogP contribution in [0.15, 0.2) is 40.6 Å². The minimum atomic E-state index is -1.07. The Balaban J connectivity index is 1.52. The molecular weight excluding hydrogens is 509 g/mol. The summed E-state index contributed by atoms with van der Waals surface area (Å²) >= 11 is 13.3. The zero-order chi connectivity index (χ0) is 24.9. The van der Waals surface area contributed by atoms with Crippen molar-refractivity contribution in [2.45, 2.75) is 61.7 Å². The molecule has 35 heavy (non-hydrogen) atoms. The Bertz CT molecular complexity index is 1240. The Labute approximate surface area is 217 Å². The normalized spacial score (nSPS) is 17.8. The van der Waals surface area contributed by atoms with E-state index in [1.54, 1.807) is 12.1 Å². The molecule has 1 fully saturated rings. The number of nitrogens with one attached hydrogen (secondary N) is 2. The van der Waals surface area contributed by atoms with Gasteiger partial charge in [0.1, 0.15) is 16.5 Å². The number of carbonyl (C=O) groups is 2. The van der Waals surface area contributed by atoms with Gasteiger partial charge in [0.15, 0.2) is 5.16 Å². The Morgan fingerprint density at radius 2 is 1.97 bits per heavy atom. The van der Waals surface area contributed by atoms with Crippen LogP contribution in [0.5, 0.6) is 0 Å². The van der Waals surface area contributed by atoms with Gasteiger partial charge in [0.05, 0.1) is 16.2 Å². The molecular formula is C24H25Cl2N5O3S. The van der Waals surface area contributed by atoms with E-state index in [1.807, 2.05) is 19.1 Å². The molecule has 0 saturated heterocycles. The van der Waals surface area contributed by atoms with Crippen molar-refractivity contribution < 1.29 is 14.7 Å². The molecule has 8 nitrogen and oxygen atoms in total. The van der Waals surface area contributed by atoms with Crippen molar-refractivity contribution in [2.24, 2.45) is 5.92 Å². The summed E-state index contributed by atoms with van der Waals surface area (Å²) in [7, 11) is 0. The molecule has 3 aromatic rings. The molecule has 11 heteroatoms. The number of carboxylic acids is 1. The number of imidazole rings is 1. The number of aryl methyl sites for hydroxylation is 1. The number of carbonyl (C=O) groups excluding carboxylic acids is 1. The number of aromatic carboxylic acids is 1. The van der Waals surface area contributed by atoms with E-state index in [0.29, 0.717) is 39.0 Å². The lowest BCUT2D eigenvalue weighted by Gasteiger charge is -2.30. The summed E-state index contributed by atoms with van der Waals surface area (Å²) in [4.78, 5) is 40.8. The number of halogens is 2. The highest BCUT2D eigenvalue weighted by Gasteiger charge is 2.34. The van der Waals surface area contributed by atoms with E-state index in [9.17, 15) is 9.59 Å². The van der Waals surface area contributed by atoms with Gasteiger partial charge in [0.2, 0.25) is 5.91 Å². The number of aromatic amines is 1. The van der Waals surface area contributed by atoms with Crippen LogP contribution >= 0.6 is 35.0 Å². The predicted molar refractivity (Wildman–Crippen MR) is 134 cm³/mol. The van der Waals surface area contributed by atoms with E-state index in [-0.39, 0.29) is 23.4 Å². The summed E-state index contributed by atoms with van der Waals surface area (Å²) in [6, 6.07) is 7.19. The first kappa shape index (κ1) is 25.5. The van der Waals surface area contributed by atoms with E-state index < -0.39 is 5.97 Å². The fraction of sp³-hybridized carbons (Fsp3) is 0.375. The predicted octanol–water partition coefficient (Wildman–Crippen LogP) is 5.51. The van der Waals surface area contributed by atoms with Crippen molar-refractivity contribution in [1.29, 1.82) is 0 Å². The summed E-state index contributed by atoms with van der Waals surface area (Å²) in [6.45, 7) is 2.37. The molecule has 2 atom stereocenters. The second-order valence-corrected chi connectivity index (χ2v) is 10.2. The monoisotopic (exact) mass is 533 g/mol. The van der Waals surface area contributed by atoms with E-state index in [1.165, 1.54) is 18.0 Å². The van der Waals surface area contributed by atoms with E-state index in [0.717, 1.165) is 36.9 Å². The highest BCUT2D eigenvalue weighted by Crippen LogP contribution is 2.38. The van der Waals surface area contributed by atoms with Crippen molar-refractivity contribution in [1.82, 2.24) is 25.3 Å². The van der Waals surface area contributed by atoms with Crippen LogP contribution in [0.4, 0.5) is 0 Å². The van der Waals surface area contributed by atoms with Crippen LogP contribution in [0, 0.1) is 5.92 Å². The molecule has 0 spiro atoms. The maximum Gasteiger partial charge on any atom is 0.353 e. The molecule has 3 N–H and O–H groups in total. The van der Waals surface area contributed by atoms with Gasteiger partial charge in [-0.05, 0) is 54.8 Å². The fourth-order valence-electron chi connectivity index (χ4n) is 4.18. The van der Waals surface area contributed by atoms with Crippen molar-refractivity contribution in [3.8, 4) is 0 Å². The standard InChI is InChI=1S/C24H25Cl2N5O3S/c1-2-14-10-20(35-24-28-12-19(30-24)23(33)34)31-21(29-14)15-5-3-4-6-16(15)22(32)27-11-13-7-8-17(25)18(26)9-13/h7-10,12,15-16H,2-6,11H2,1H3,(H,27,32)(H,28,30)(H,33,34)/t15-,16-/m0/s1. The Hall–Kier alpha value is -2.62. The molecule has 4 rings (SSSR count). The third kappa shape index (κ3) is 6.34. The highest BCUT2D eigenvalue weighted by molar-refractivity contribution is 7.99. The van der Waals surface area contributed by atoms with Crippen LogP contribution < -0.4 is 5.32 Å². The Kier molecular flexibility index (Phi) is 8.30. The van der Waals surface area contributed by atoms with Crippen molar-refractivity contribution in [3.63, 3.8) is 0 Å². The summed E-state index contributed by atoms with van der Waals surface area (Å²) in [6.07, 6.45) is 5.56. The number of carboxylic acid groups (broad SMARTS) is 1.